The Morgan fingerprint density at radius 2 is 1.31 bits per heavy atom. The van der Waals surface area contributed by atoms with E-state index in [1.54, 1.807) is 72.8 Å². The Morgan fingerprint density at radius 1 is 0.744 bits per heavy atom. The van der Waals surface area contributed by atoms with Crippen LogP contribution in [0.1, 0.15) is 72.2 Å². The van der Waals surface area contributed by atoms with Crippen molar-refractivity contribution in [3.8, 4) is 17.2 Å². The van der Waals surface area contributed by atoms with Crippen molar-refractivity contribution in [2.45, 2.75) is 52.4 Å². The summed E-state index contributed by atoms with van der Waals surface area (Å²) in [5, 5.41) is 0. The fraction of sp³-hybridized carbons (Fsp3) is 0.273. The van der Waals surface area contributed by atoms with Crippen molar-refractivity contribution in [3.05, 3.63) is 114 Å². The standard InChI is InChI=1S/C24H23O5.C9H13.Fe/c1-2-3-6-17-27-20-11-9-19(10-12-20)24(26)29-22-15-13-21(14-16-22)28-23(25)18-7-4-5-8-18;1-2-3-6-9-7-4-5-8-9;/h4-5,7-16H,2-3,6,17H2,1H3;4-5,7-8H,2-3,6H2,1H3;/q-1;-5;. The van der Waals surface area contributed by atoms with E-state index in [2.05, 4.69) is 38.1 Å². The van der Waals surface area contributed by atoms with Gasteiger partial charge < -0.3 is 44.0 Å². The molecule has 0 fully saturated rings. The molecule has 4 rings (SSSR count). The molecule has 212 valence electrons. The molecule has 5 nitrogen and oxygen atoms in total. The third kappa shape index (κ3) is 11.4. The Kier molecular flexibility index (Phi) is 14.4. The molecule has 4 aromatic carbocycles. The van der Waals surface area contributed by atoms with Crippen molar-refractivity contribution in [2.24, 2.45) is 0 Å². The van der Waals surface area contributed by atoms with Crippen LogP contribution in [0.4, 0.5) is 0 Å². The quantitative estimate of drug-likeness (QED) is 0.0568. The summed E-state index contributed by atoms with van der Waals surface area (Å²) < 4.78 is 16.3. The van der Waals surface area contributed by atoms with Gasteiger partial charge in [0, 0.05) is 17.1 Å². The maximum Gasteiger partial charge on any atom is 0.343 e. The maximum absolute atomic E-state index is 12.3. The summed E-state index contributed by atoms with van der Waals surface area (Å²) in [6.07, 6.45) is 7.17. The zero-order valence-electron chi connectivity index (χ0n) is 22.6. The van der Waals surface area contributed by atoms with Crippen molar-refractivity contribution in [1.82, 2.24) is 0 Å². The third-order valence-electron chi connectivity index (χ3n) is 5.80. The monoisotopic (exact) mass is 568 g/mol. The first-order valence-corrected chi connectivity index (χ1v) is 13.3. The van der Waals surface area contributed by atoms with Crippen LogP contribution in [0.3, 0.4) is 0 Å². The van der Waals surface area contributed by atoms with Gasteiger partial charge in [-0.3, -0.25) is 4.79 Å². The largest absolute Gasteiger partial charge is 0.748 e. The molecular formula is C33H36FeO5-6. The van der Waals surface area contributed by atoms with Gasteiger partial charge in [-0.1, -0.05) is 45.1 Å². The predicted octanol–water partition coefficient (Wildman–Crippen LogP) is 8.16. The molecule has 0 radical (unpaired) electrons. The van der Waals surface area contributed by atoms with E-state index in [1.165, 1.54) is 24.8 Å². The van der Waals surface area contributed by atoms with Crippen molar-refractivity contribution < 1.29 is 40.9 Å². The van der Waals surface area contributed by atoms with Crippen LogP contribution in [0.5, 0.6) is 17.2 Å². The molecule has 0 amide bonds. The number of hydrogen-bond donors (Lipinski definition) is 0. The summed E-state index contributed by atoms with van der Waals surface area (Å²) in [6.45, 7) is 5.04. The van der Waals surface area contributed by atoms with Gasteiger partial charge in [-0.25, -0.2) is 23.3 Å². The Bertz CT molecular complexity index is 1190. The molecule has 0 atom stereocenters. The smallest absolute Gasteiger partial charge is 0.343 e. The van der Waals surface area contributed by atoms with Crippen molar-refractivity contribution in [1.29, 1.82) is 0 Å². The van der Waals surface area contributed by atoms with E-state index >= 15 is 0 Å². The Balaban J connectivity index is 0.000000453. The minimum atomic E-state index is -0.468. The van der Waals surface area contributed by atoms with Gasteiger partial charge in [0.25, 0.3) is 5.97 Å². The van der Waals surface area contributed by atoms with Gasteiger partial charge in [-0.05, 0) is 55.0 Å². The minimum absolute atomic E-state index is 0. The number of carbonyl (C=O) groups excluding carboxylic acids is 2. The zero-order chi connectivity index (χ0) is 27.0. The van der Waals surface area contributed by atoms with E-state index < -0.39 is 11.9 Å². The number of aryl methyl sites for hydroxylation is 1. The summed E-state index contributed by atoms with van der Waals surface area (Å²) in [4.78, 5) is 24.2. The van der Waals surface area contributed by atoms with Gasteiger partial charge >= 0.3 is 5.97 Å². The Labute approximate surface area is 242 Å². The van der Waals surface area contributed by atoms with Gasteiger partial charge in [-0.2, -0.15) is 12.1 Å². The van der Waals surface area contributed by atoms with E-state index in [9.17, 15) is 9.59 Å². The predicted molar refractivity (Wildman–Crippen MR) is 151 cm³/mol. The van der Waals surface area contributed by atoms with Crippen molar-refractivity contribution in [2.75, 3.05) is 6.61 Å². The number of hydrogen-bond acceptors (Lipinski definition) is 5. The molecular weight excluding hydrogens is 532 g/mol. The maximum atomic E-state index is 12.3. The van der Waals surface area contributed by atoms with Crippen molar-refractivity contribution >= 4 is 11.9 Å². The second kappa shape index (κ2) is 17.8. The number of ether oxygens (including phenoxy) is 3. The van der Waals surface area contributed by atoms with E-state index in [0.717, 1.165) is 25.0 Å². The normalized spacial score (nSPS) is 10.0. The summed E-state index contributed by atoms with van der Waals surface area (Å²) in [6, 6.07) is 28.7. The number of benzene rings is 2. The second-order valence-corrected chi connectivity index (χ2v) is 8.90. The minimum Gasteiger partial charge on any atom is -0.748 e. The number of carbonyl (C=O) groups is 2. The fourth-order valence-corrected chi connectivity index (χ4v) is 3.61. The number of rotatable bonds is 12. The van der Waals surface area contributed by atoms with Gasteiger partial charge in [0.15, 0.2) is 0 Å². The second-order valence-electron chi connectivity index (χ2n) is 8.90. The number of unbranched alkanes of at least 4 members (excludes halogenated alkanes) is 3. The molecule has 0 saturated carbocycles. The number of esters is 2. The zero-order valence-corrected chi connectivity index (χ0v) is 23.7. The van der Waals surface area contributed by atoms with Crippen molar-refractivity contribution in [3.63, 3.8) is 0 Å². The molecule has 4 aromatic rings. The topological polar surface area (TPSA) is 61.8 Å². The summed E-state index contributed by atoms with van der Waals surface area (Å²) >= 11 is 0. The molecule has 0 saturated heterocycles. The Hall–Kier alpha value is -3.60. The van der Waals surface area contributed by atoms with Crippen LogP contribution in [0.25, 0.3) is 0 Å². The van der Waals surface area contributed by atoms with Crippen LogP contribution in [0.2, 0.25) is 0 Å². The van der Waals surface area contributed by atoms with Crippen LogP contribution in [0, 0.1) is 0 Å². The average molecular weight is 568 g/mol. The van der Waals surface area contributed by atoms with Gasteiger partial charge in [0.2, 0.25) is 0 Å². The van der Waals surface area contributed by atoms with E-state index in [1.807, 2.05) is 0 Å². The molecule has 0 N–H and O–H groups in total. The van der Waals surface area contributed by atoms with Gasteiger partial charge in [-0.15, -0.1) is 0 Å². The third-order valence-corrected chi connectivity index (χ3v) is 5.80. The molecule has 0 spiro atoms. The van der Waals surface area contributed by atoms with Crippen LogP contribution in [-0.4, -0.2) is 18.5 Å². The SMILES string of the molecule is CCCCCOc1ccc(C(=O)Oc2ccc(OC(=O)[c-]3cccc3)cc2)cc1.CCCC[c-]1[cH-][cH-][cH-][cH-]1.[Fe]. The first-order chi connectivity index (χ1) is 18.6. The van der Waals surface area contributed by atoms with E-state index in [-0.39, 0.29) is 17.1 Å². The van der Waals surface area contributed by atoms with Gasteiger partial charge in [0.1, 0.15) is 17.2 Å². The van der Waals surface area contributed by atoms with Crippen LogP contribution >= 0.6 is 0 Å². The van der Waals surface area contributed by atoms with Crippen LogP contribution < -0.4 is 14.2 Å². The van der Waals surface area contributed by atoms with E-state index in [0.29, 0.717) is 29.2 Å². The van der Waals surface area contributed by atoms with E-state index in [4.69, 9.17) is 14.2 Å². The first kappa shape index (κ1) is 31.6. The van der Waals surface area contributed by atoms with Gasteiger partial charge in [0.05, 0.1) is 12.2 Å². The first-order valence-electron chi connectivity index (χ1n) is 13.3. The summed E-state index contributed by atoms with van der Waals surface area (Å²) in [5.74, 6) is 0.568. The molecule has 39 heavy (non-hydrogen) atoms. The molecule has 0 aliphatic heterocycles. The summed E-state index contributed by atoms with van der Waals surface area (Å²) in [5.41, 5.74) is 2.40. The van der Waals surface area contributed by atoms with Crippen LogP contribution in [0.15, 0.2) is 97.1 Å². The molecule has 6 heteroatoms. The van der Waals surface area contributed by atoms with Crippen LogP contribution in [-0.2, 0) is 23.5 Å². The average Bonchev–Trinajstić information content (AvgIpc) is 3.67. The molecule has 0 bridgehead atoms. The molecule has 0 aliphatic rings. The fourth-order valence-electron chi connectivity index (χ4n) is 3.61. The molecule has 0 heterocycles. The summed E-state index contributed by atoms with van der Waals surface area (Å²) in [7, 11) is 0. The molecule has 0 unspecified atom stereocenters. The molecule has 0 aromatic heterocycles. The Morgan fingerprint density at radius 3 is 1.90 bits per heavy atom. The molecule has 0 aliphatic carbocycles.